The highest BCUT2D eigenvalue weighted by Gasteiger charge is 2.49. The number of carbonyl (C=O) groups excluding carboxylic acids is 2. The van der Waals surface area contributed by atoms with Gasteiger partial charge in [-0.3, -0.25) is 14.5 Å². The van der Waals surface area contributed by atoms with Gasteiger partial charge in [-0.25, -0.2) is 4.98 Å². The number of ether oxygens (including phenoxy) is 1. The van der Waals surface area contributed by atoms with Crippen molar-refractivity contribution in [3.8, 4) is 5.75 Å². The fraction of sp³-hybridized carbons (Fsp3) is 0.286. The molecule has 1 aliphatic rings. The van der Waals surface area contributed by atoms with Crippen LogP contribution in [0.25, 0.3) is 11.4 Å². The number of halogens is 1. The van der Waals surface area contributed by atoms with Crippen LogP contribution in [0.2, 0.25) is 5.02 Å². The normalized spacial score (nSPS) is 16.0. The average Bonchev–Trinajstić information content (AvgIpc) is 3.75. The molecule has 9 nitrogen and oxygen atoms in total. The number of aryl methyl sites for hydroxylation is 2. The number of thioether (sulfide) groups is 1. The quantitative estimate of drug-likeness (QED) is 0.0348. The SMILES string of the molecule is CCCCCCOc1ccc(C2/C(=C(\O)c3nc4c(C)cccn4c3C)C(=O)C(=O)N2c2nnc(SCc3ccccc3Cl)s2)cc1. The van der Waals surface area contributed by atoms with Crippen molar-refractivity contribution >= 4 is 62.9 Å². The van der Waals surface area contributed by atoms with Crippen molar-refractivity contribution in [1.29, 1.82) is 0 Å². The van der Waals surface area contributed by atoms with Gasteiger partial charge >= 0.3 is 5.91 Å². The minimum absolute atomic E-state index is 0.0622. The number of rotatable bonds is 12. The van der Waals surface area contributed by atoms with Crippen LogP contribution < -0.4 is 9.64 Å². The number of hydrogen-bond acceptors (Lipinski definition) is 9. The molecule has 0 saturated carbocycles. The molecule has 1 fully saturated rings. The monoisotopic (exact) mass is 687 g/mol. The maximum atomic E-state index is 13.8. The standard InChI is InChI=1S/C35H34ClN5O4S2/c1-4-5-6-9-19-45-25-16-14-23(15-17-25)29-27(30(42)28-22(3)40-18-10-11-21(2)32(40)37-28)31(43)33(44)41(29)34-38-39-35(47-34)46-20-24-12-7-8-13-26(24)36/h7-8,10-18,29,42H,4-6,9,19-20H2,1-3H3/b30-27+. The van der Waals surface area contributed by atoms with E-state index in [1.54, 1.807) is 0 Å². The Morgan fingerprint density at radius 3 is 2.55 bits per heavy atom. The lowest BCUT2D eigenvalue weighted by molar-refractivity contribution is -0.132. The molecule has 3 aromatic heterocycles. The highest BCUT2D eigenvalue weighted by molar-refractivity contribution is 8.00. The van der Waals surface area contributed by atoms with E-state index in [2.05, 4.69) is 22.1 Å². The minimum atomic E-state index is -0.965. The second-order valence-electron chi connectivity index (χ2n) is 11.3. The third-order valence-electron chi connectivity index (χ3n) is 8.13. The lowest BCUT2D eigenvalue weighted by atomic mass is 9.96. The molecule has 1 saturated heterocycles. The Hall–Kier alpha value is -4.19. The van der Waals surface area contributed by atoms with Crippen LogP contribution in [0.3, 0.4) is 0 Å². The number of anilines is 1. The fourth-order valence-corrected chi connectivity index (χ4v) is 7.75. The molecule has 5 aromatic rings. The number of carbonyl (C=O) groups is 2. The summed E-state index contributed by atoms with van der Waals surface area (Å²) in [5.74, 6) is -0.724. The van der Waals surface area contributed by atoms with Gasteiger partial charge in [0.1, 0.15) is 17.1 Å². The summed E-state index contributed by atoms with van der Waals surface area (Å²) in [6, 6.07) is 17.7. The van der Waals surface area contributed by atoms with Gasteiger partial charge in [-0.15, -0.1) is 10.2 Å². The van der Waals surface area contributed by atoms with E-state index in [4.69, 9.17) is 16.3 Å². The Kier molecular flexibility index (Phi) is 9.95. The number of ketones is 1. The molecule has 0 aliphatic carbocycles. The Balaban J connectivity index is 1.37. The summed E-state index contributed by atoms with van der Waals surface area (Å²) >= 11 is 8.98. The molecule has 0 bridgehead atoms. The molecule has 1 N–H and O–H groups in total. The van der Waals surface area contributed by atoms with Gasteiger partial charge in [0.15, 0.2) is 10.1 Å². The third-order valence-corrected chi connectivity index (χ3v) is 10.6. The summed E-state index contributed by atoms with van der Waals surface area (Å²) in [7, 11) is 0. The van der Waals surface area contributed by atoms with Gasteiger partial charge in [-0.05, 0) is 61.2 Å². The predicted molar refractivity (Wildman–Crippen MR) is 186 cm³/mol. The number of nitrogens with zero attached hydrogens (tertiary/aromatic N) is 5. The average molecular weight is 688 g/mol. The molecule has 47 heavy (non-hydrogen) atoms. The minimum Gasteiger partial charge on any atom is -0.505 e. The molecule has 1 atom stereocenters. The van der Waals surface area contributed by atoms with E-state index in [1.165, 1.54) is 28.0 Å². The molecule has 1 amide bonds. The van der Waals surface area contributed by atoms with Crippen molar-refractivity contribution < 1.29 is 19.4 Å². The Morgan fingerprint density at radius 1 is 1.02 bits per heavy atom. The van der Waals surface area contributed by atoms with E-state index in [-0.39, 0.29) is 22.2 Å². The van der Waals surface area contributed by atoms with E-state index in [9.17, 15) is 14.7 Å². The Morgan fingerprint density at radius 2 is 1.81 bits per heavy atom. The van der Waals surface area contributed by atoms with Crippen LogP contribution in [0.15, 0.2) is 76.8 Å². The first-order chi connectivity index (χ1) is 22.8. The Bertz CT molecular complexity index is 1970. The van der Waals surface area contributed by atoms with Gasteiger partial charge < -0.3 is 14.2 Å². The summed E-state index contributed by atoms with van der Waals surface area (Å²) in [6.07, 6.45) is 6.23. The van der Waals surface area contributed by atoms with E-state index in [1.807, 2.05) is 85.1 Å². The van der Waals surface area contributed by atoms with Gasteiger partial charge in [-0.2, -0.15) is 0 Å². The molecule has 12 heteroatoms. The van der Waals surface area contributed by atoms with Crippen LogP contribution in [0.5, 0.6) is 5.75 Å². The highest BCUT2D eigenvalue weighted by atomic mass is 35.5. The number of Topliss-reactive ketones (excluding diaryl/α,β-unsaturated/α-hetero) is 1. The van der Waals surface area contributed by atoms with Crippen LogP contribution in [0.1, 0.15) is 66.7 Å². The molecule has 242 valence electrons. The third kappa shape index (κ3) is 6.65. The van der Waals surface area contributed by atoms with E-state index < -0.39 is 17.7 Å². The summed E-state index contributed by atoms with van der Waals surface area (Å²) < 4.78 is 8.42. The summed E-state index contributed by atoms with van der Waals surface area (Å²) in [4.78, 5) is 33.6. The van der Waals surface area contributed by atoms with Crippen molar-refractivity contribution in [3.05, 3.63) is 106 Å². The molecule has 4 heterocycles. The van der Waals surface area contributed by atoms with Crippen LogP contribution in [0.4, 0.5) is 5.13 Å². The number of aliphatic hydroxyl groups excluding tert-OH is 1. The summed E-state index contributed by atoms with van der Waals surface area (Å²) in [5.41, 5.74) is 3.95. The number of benzene rings is 2. The van der Waals surface area contributed by atoms with Gasteiger partial charge in [0.05, 0.1) is 23.9 Å². The number of fused-ring (bicyclic) bond motifs is 1. The second kappa shape index (κ2) is 14.3. The van der Waals surface area contributed by atoms with Crippen molar-refractivity contribution in [1.82, 2.24) is 19.6 Å². The molecule has 6 rings (SSSR count). The van der Waals surface area contributed by atoms with Crippen LogP contribution in [-0.2, 0) is 15.3 Å². The number of imidazole rings is 1. The number of unbranched alkanes of at least 4 members (excludes halogenated alkanes) is 3. The topological polar surface area (TPSA) is 110 Å². The lowest BCUT2D eigenvalue weighted by Crippen LogP contribution is -2.29. The summed E-state index contributed by atoms with van der Waals surface area (Å²) in [6.45, 7) is 6.51. The molecule has 2 aromatic carbocycles. The molecule has 0 spiro atoms. The van der Waals surface area contributed by atoms with Gasteiger partial charge in [0.2, 0.25) is 5.13 Å². The number of amides is 1. The van der Waals surface area contributed by atoms with Crippen LogP contribution in [0, 0.1) is 13.8 Å². The Labute approximate surface area is 286 Å². The van der Waals surface area contributed by atoms with Crippen molar-refractivity contribution in [2.75, 3.05) is 11.5 Å². The van der Waals surface area contributed by atoms with E-state index in [0.29, 0.717) is 44.4 Å². The molecular formula is C35H34ClN5O4S2. The zero-order chi connectivity index (χ0) is 33.1. The second-order valence-corrected chi connectivity index (χ2v) is 13.9. The van der Waals surface area contributed by atoms with Crippen LogP contribution in [-0.4, -0.2) is 43.0 Å². The van der Waals surface area contributed by atoms with Crippen molar-refractivity contribution in [2.24, 2.45) is 0 Å². The molecule has 0 radical (unpaired) electrons. The molecule has 1 unspecified atom stereocenters. The number of aromatic nitrogens is 4. The van der Waals surface area contributed by atoms with E-state index in [0.717, 1.165) is 36.8 Å². The fourth-order valence-electron chi connectivity index (χ4n) is 5.60. The van der Waals surface area contributed by atoms with Crippen LogP contribution >= 0.6 is 34.7 Å². The maximum absolute atomic E-state index is 13.8. The number of hydrogen-bond donors (Lipinski definition) is 1. The first kappa shape index (κ1) is 32.7. The molecular weight excluding hydrogens is 654 g/mol. The molecule has 1 aliphatic heterocycles. The van der Waals surface area contributed by atoms with Crippen molar-refractivity contribution in [2.45, 2.75) is 62.6 Å². The van der Waals surface area contributed by atoms with E-state index >= 15 is 0 Å². The van der Waals surface area contributed by atoms with Gasteiger partial charge in [0, 0.05) is 17.0 Å². The smallest absolute Gasteiger partial charge is 0.301 e. The summed E-state index contributed by atoms with van der Waals surface area (Å²) in [5, 5.41) is 21.3. The number of aliphatic hydroxyl groups is 1. The van der Waals surface area contributed by atoms with Gasteiger partial charge in [-0.1, -0.05) is 97.3 Å². The first-order valence-electron chi connectivity index (χ1n) is 15.5. The highest BCUT2D eigenvalue weighted by Crippen LogP contribution is 2.44. The first-order valence-corrected chi connectivity index (χ1v) is 17.6. The predicted octanol–water partition coefficient (Wildman–Crippen LogP) is 8.33. The zero-order valence-electron chi connectivity index (χ0n) is 26.3. The largest absolute Gasteiger partial charge is 0.505 e. The van der Waals surface area contributed by atoms with Gasteiger partial charge in [0.25, 0.3) is 5.78 Å². The zero-order valence-corrected chi connectivity index (χ0v) is 28.7. The lowest BCUT2D eigenvalue weighted by Gasteiger charge is -2.22. The number of pyridine rings is 1. The van der Waals surface area contributed by atoms with Crippen molar-refractivity contribution in [3.63, 3.8) is 0 Å². The maximum Gasteiger partial charge on any atom is 0.301 e.